The van der Waals surface area contributed by atoms with E-state index < -0.39 is 17.7 Å². The van der Waals surface area contributed by atoms with Crippen LogP contribution in [0, 0.1) is 0 Å². The molecule has 0 unspecified atom stereocenters. The summed E-state index contributed by atoms with van der Waals surface area (Å²) in [5, 5.41) is 16.6. The number of pyridine rings is 1. The predicted octanol–water partition coefficient (Wildman–Crippen LogP) is 3.11. The standard InChI is InChI=1S/C14H8F3N3O2/c15-14(16,17)10-4-5-11-18-19-12(20(11)7-10)8-2-1-3-9(6-8)13(21)22/h1-7H,(H,21,22). The molecule has 112 valence electrons. The number of aromatic carboxylic acids is 1. The quantitative estimate of drug-likeness (QED) is 0.790. The number of nitrogens with zero attached hydrogens (tertiary/aromatic N) is 3. The lowest BCUT2D eigenvalue weighted by Gasteiger charge is -2.07. The summed E-state index contributed by atoms with van der Waals surface area (Å²) in [6.07, 6.45) is -3.60. The van der Waals surface area contributed by atoms with E-state index in [4.69, 9.17) is 5.11 Å². The van der Waals surface area contributed by atoms with Crippen LogP contribution >= 0.6 is 0 Å². The third kappa shape index (κ3) is 2.39. The Bertz CT molecular complexity index is 871. The highest BCUT2D eigenvalue weighted by Gasteiger charge is 2.31. The van der Waals surface area contributed by atoms with Gasteiger partial charge in [0, 0.05) is 11.8 Å². The van der Waals surface area contributed by atoms with Crippen LogP contribution in [0.3, 0.4) is 0 Å². The molecule has 0 bridgehead atoms. The molecule has 8 heteroatoms. The molecule has 3 rings (SSSR count). The van der Waals surface area contributed by atoms with Gasteiger partial charge in [-0.25, -0.2) is 4.79 Å². The van der Waals surface area contributed by atoms with Crippen LogP contribution in [0.25, 0.3) is 17.0 Å². The highest BCUT2D eigenvalue weighted by molar-refractivity contribution is 5.89. The van der Waals surface area contributed by atoms with Crippen molar-refractivity contribution in [3.05, 3.63) is 53.7 Å². The molecule has 0 aliphatic heterocycles. The van der Waals surface area contributed by atoms with Crippen molar-refractivity contribution >= 4 is 11.6 Å². The number of carboxylic acid groups (broad SMARTS) is 1. The van der Waals surface area contributed by atoms with Crippen molar-refractivity contribution in [3.63, 3.8) is 0 Å². The molecule has 0 fully saturated rings. The zero-order chi connectivity index (χ0) is 15.9. The summed E-state index contributed by atoms with van der Waals surface area (Å²) in [4.78, 5) is 11.0. The summed E-state index contributed by atoms with van der Waals surface area (Å²) in [6, 6.07) is 7.90. The van der Waals surface area contributed by atoms with Crippen LogP contribution in [0.4, 0.5) is 13.2 Å². The minimum atomic E-state index is -4.49. The van der Waals surface area contributed by atoms with Crippen molar-refractivity contribution in [2.45, 2.75) is 6.18 Å². The number of rotatable bonds is 2. The Morgan fingerprint density at radius 3 is 2.59 bits per heavy atom. The maximum absolute atomic E-state index is 12.8. The van der Waals surface area contributed by atoms with Gasteiger partial charge in [-0.1, -0.05) is 12.1 Å². The van der Waals surface area contributed by atoms with Gasteiger partial charge in [0.2, 0.25) is 0 Å². The lowest BCUT2D eigenvalue weighted by atomic mass is 10.1. The molecule has 0 amide bonds. The monoisotopic (exact) mass is 307 g/mol. The van der Waals surface area contributed by atoms with Crippen LogP contribution in [-0.4, -0.2) is 25.7 Å². The molecule has 0 atom stereocenters. The molecule has 0 aliphatic rings. The SMILES string of the molecule is O=C(O)c1cccc(-c2nnc3ccc(C(F)(F)F)cn23)c1. The van der Waals surface area contributed by atoms with Gasteiger partial charge < -0.3 is 5.11 Å². The highest BCUT2D eigenvalue weighted by atomic mass is 19.4. The van der Waals surface area contributed by atoms with Gasteiger partial charge >= 0.3 is 12.1 Å². The molecule has 1 aromatic carbocycles. The number of carboxylic acids is 1. The first kappa shape index (κ1) is 14.1. The second-order valence-electron chi connectivity index (χ2n) is 4.55. The van der Waals surface area contributed by atoms with E-state index in [1.165, 1.54) is 28.7 Å². The van der Waals surface area contributed by atoms with Crippen molar-refractivity contribution in [1.82, 2.24) is 14.6 Å². The Balaban J connectivity index is 2.19. The summed E-state index contributed by atoms with van der Waals surface area (Å²) < 4.78 is 39.6. The smallest absolute Gasteiger partial charge is 0.417 e. The van der Waals surface area contributed by atoms with E-state index in [9.17, 15) is 18.0 Å². The number of benzene rings is 1. The normalized spacial score (nSPS) is 11.8. The number of hydrogen-bond acceptors (Lipinski definition) is 3. The summed E-state index contributed by atoms with van der Waals surface area (Å²) in [5.74, 6) is -0.990. The Hall–Kier alpha value is -2.90. The molecule has 3 aromatic rings. The fourth-order valence-corrected chi connectivity index (χ4v) is 2.05. The second kappa shape index (κ2) is 4.83. The molecule has 2 heterocycles. The first-order valence-corrected chi connectivity index (χ1v) is 6.12. The van der Waals surface area contributed by atoms with E-state index in [0.717, 1.165) is 12.3 Å². The fourth-order valence-electron chi connectivity index (χ4n) is 2.05. The van der Waals surface area contributed by atoms with Crippen LogP contribution in [0.1, 0.15) is 15.9 Å². The maximum atomic E-state index is 12.8. The molecular weight excluding hydrogens is 299 g/mol. The molecule has 2 aromatic heterocycles. The van der Waals surface area contributed by atoms with Crippen molar-refractivity contribution < 1.29 is 23.1 Å². The van der Waals surface area contributed by atoms with Gasteiger partial charge in [-0.2, -0.15) is 13.2 Å². The van der Waals surface area contributed by atoms with E-state index in [0.29, 0.717) is 5.56 Å². The first-order chi connectivity index (χ1) is 10.4. The van der Waals surface area contributed by atoms with Gasteiger partial charge in [0.15, 0.2) is 11.5 Å². The van der Waals surface area contributed by atoms with Gasteiger partial charge in [0.1, 0.15) is 0 Å². The molecule has 22 heavy (non-hydrogen) atoms. The third-order valence-electron chi connectivity index (χ3n) is 3.10. The molecule has 0 aliphatic carbocycles. The number of aromatic nitrogens is 3. The van der Waals surface area contributed by atoms with Crippen molar-refractivity contribution in [1.29, 1.82) is 0 Å². The van der Waals surface area contributed by atoms with Crippen LogP contribution in [-0.2, 0) is 6.18 Å². The van der Waals surface area contributed by atoms with Crippen molar-refractivity contribution in [2.24, 2.45) is 0 Å². The second-order valence-corrected chi connectivity index (χ2v) is 4.55. The minimum Gasteiger partial charge on any atom is -0.478 e. The van der Waals surface area contributed by atoms with Crippen LogP contribution in [0.15, 0.2) is 42.6 Å². The van der Waals surface area contributed by atoms with Gasteiger partial charge in [0.25, 0.3) is 0 Å². The molecule has 0 saturated carbocycles. The average molecular weight is 307 g/mol. The largest absolute Gasteiger partial charge is 0.478 e. The predicted molar refractivity (Wildman–Crippen MR) is 70.4 cm³/mol. The maximum Gasteiger partial charge on any atom is 0.417 e. The Morgan fingerprint density at radius 1 is 1.14 bits per heavy atom. The van der Waals surface area contributed by atoms with E-state index in [1.54, 1.807) is 6.07 Å². The molecule has 1 N–H and O–H groups in total. The summed E-state index contributed by atoms with van der Waals surface area (Å²) in [7, 11) is 0. The van der Waals surface area contributed by atoms with Gasteiger partial charge in [-0.15, -0.1) is 10.2 Å². The number of halogens is 3. The number of hydrogen-bond donors (Lipinski definition) is 1. The Morgan fingerprint density at radius 2 is 1.91 bits per heavy atom. The molecular formula is C14H8F3N3O2. The lowest BCUT2D eigenvalue weighted by Crippen LogP contribution is -2.06. The topological polar surface area (TPSA) is 67.5 Å². The molecule has 5 nitrogen and oxygen atoms in total. The van der Waals surface area contributed by atoms with Gasteiger partial charge in [-0.3, -0.25) is 4.40 Å². The van der Waals surface area contributed by atoms with Gasteiger partial charge in [0.05, 0.1) is 11.1 Å². The summed E-state index contributed by atoms with van der Waals surface area (Å²) >= 11 is 0. The summed E-state index contributed by atoms with van der Waals surface area (Å²) in [5.41, 5.74) is -0.216. The lowest BCUT2D eigenvalue weighted by molar-refractivity contribution is -0.137. The highest BCUT2D eigenvalue weighted by Crippen LogP contribution is 2.30. The number of fused-ring (bicyclic) bond motifs is 1. The minimum absolute atomic E-state index is 0.0150. The van der Waals surface area contributed by atoms with Crippen molar-refractivity contribution in [2.75, 3.05) is 0 Å². The number of alkyl halides is 3. The van der Waals surface area contributed by atoms with Crippen molar-refractivity contribution in [3.8, 4) is 11.4 Å². The van der Waals surface area contributed by atoms with Crippen LogP contribution in [0.5, 0.6) is 0 Å². The molecule has 0 spiro atoms. The molecule has 0 radical (unpaired) electrons. The third-order valence-corrected chi connectivity index (χ3v) is 3.10. The zero-order valence-electron chi connectivity index (χ0n) is 10.9. The Labute approximate surface area is 121 Å². The van der Waals surface area contributed by atoms with Crippen LogP contribution < -0.4 is 0 Å². The Kier molecular flexibility index (Phi) is 3.09. The summed E-state index contributed by atoms with van der Waals surface area (Å²) in [6.45, 7) is 0. The van der Waals surface area contributed by atoms with E-state index in [-0.39, 0.29) is 17.0 Å². The van der Waals surface area contributed by atoms with E-state index >= 15 is 0 Å². The van der Waals surface area contributed by atoms with Gasteiger partial charge in [-0.05, 0) is 24.3 Å². The van der Waals surface area contributed by atoms with Crippen LogP contribution in [0.2, 0.25) is 0 Å². The van der Waals surface area contributed by atoms with E-state index in [2.05, 4.69) is 10.2 Å². The average Bonchev–Trinajstić information content (AvgIpc) is 2.89. The van der Waals surface area contributed by atoms with E-state index in [1.807, 2.05) is 0 Å². The zero-order valence-corrected chi connectivity index (χ0v) is 10.9. The molecule has 0 saturated heterocycles. The fraction of sp³-hybridized carbons (Fsp3) is 0.0714. The number of carbonyl (C=O) groups is 1. The first-order valence-electron chi connectivity index (χ1n) is 6.12.